The lowest BCUT2D eigenvalue weighted by atomic mass is 9.89. The van der Waals surface area contributed by atoms with Crippen LogP contribution in [0, 0.1) is 6.92 Å². The lowest BCUT2D eigenvalue weighted by Crippen LogP contribution is -2.55. The monoisotopic (exact) mass is 416 g/mol. The summed E-state index contributed by atoms with van der Waals surface area (Å²) in [6.45, 7) is 1.55. The van der Waals surface area contributed by atoms with E-state index in [0.717, 1.165) is 22.4 Å². The predicted molar refractivity (Wildman–Crippen MR) is 108 cm³/mol. The highest BCUT2D eigenvalue weighted by atomic mass is 16.5. The molecule has 1 heterocycles. The van der Waals surface area contributed by atoms with Gasteiger partial charge < -0.3 is 35.0 Å². The molecule has 0 radical (unpaired) electrons. The third kappa shape index (κ3) is 4.37. The van der Waals surface area contributed by atoms with E-state index in [9.17, 15) is 25.5 Å². The molecule has 0 bridgehead atoms. The Hall–Kier alpha value is -2.00. The molecule has 1 aliphatic heterocycles. The SMILES string of the molecule is Cc1ccc([C@@H]2O[C@H](CO)[C@@H](O)[C@H](O)[C@H]2O)cc1Cc1ccc(OC2CC2O)cc1. The molecule has 2 unspecified atom stereocenters. The molecule has 2 aromatic carbocycles. The topological polar surface area (TPSA) is 120 Å². The van der Waals surface area contributed by atoms with Crippen LogP contribution in [0.3, 0.4) is 0 Å². The van der Waals surface area contributed by atoms with Crippen LogP contribution in [-0.2, 0) is 11.2 Å². The number of benzene rings is 2. The van der Waals surface area contributed by atoms with Crippen molar-refractivity contribution in [1.29, 1.82) is 0 Å². The molecule has 1 aliphatic carbocycles. The molecule has 2 fully saturated rings. The highest BCUT2D eigenvalue weighted by Gasteiger charge is 2.44. The number of rotatable bonds is 6. The second-order valence-corrected chi connectivity index (χ2v) is 8.22. The molecule has 0 amide bonds. The van der Waals surface area contributed by atoms with Gasteiger partial charge in [-0.25, -0.2) is 0 Å². The zero-order valence-corrected chi connectivity index (χ0v) is 16.8. The zero-order chi connectivity index (χ0) is 21.4. The van der Waals surface area contributed by atoms with Crippen molar-refractivity contribution in [3.63, 3.8) is 0 Å². The van der Waals surface area contributed by atoms with Crippen LogP contribution in [0.15, 0.2) is 42.5 Å². The van der Waals surface area contributed by atoms with Crippen LogP contribution < -0.4 is 4.74 Å². The lowest BCUT2D eigenvalue weighted by Gasteiger charge is -2.40. The minimum atomic E-state index is -1.40. The molecule has 2 aromatic rings. The summed E-state index contributed by atoms with van der Waals surface area (Å²) >= 11 is 0. The van der Waals surface area contributed by atoms with Crippen molar-refractivity contribution in [2.24, 2.45) is 0 Å². The number of hydrogen-bond donors (Lipinski definition) is 5. The number of ether oxygens (including phenoxy) is 2. The van der Waals surface area contributed by atoms with Crippen molar-refractivity contribution >= 4 is 0 Å². The first-order valence-electron chi connectivity index (χ1n) is 10.2. The van der Waals surface area contributed by atoms with Crippen molar-refractivity contribution in [3.8, 4) is 5.75 Å². The Morgan fingerprint density at radius 1 is 0.967 bits per heavy atom. The molecule has 0 aromatic heterocycles. The fourth-order valence-electron chi connectivity index (χ4n) is 3.80. The molecule has 0 spiro atoms. The molecule has 7 atom stereocenters. The fourth-order valence-corrected chi connectivity index (χ4v) is 3.80. The van der Waals surface area contributed by atoms with Crippen molar-refractivity contribution < 1.29 is 35.0 Å². The van der Waals surface area contributed by atoms with Crippen LogP contribution in [0.5, 0.6) is 5.75 Å². The summed E-state index contributed by atoms with van der Waals surface area (Å²) in [4.78, 5) is 0. The van der Waals surface area contributed by atoms with E-state index in [1.165, 1.54) is 0 Å². The number of aliphatic hydroxyl groups is 5. The van der Waals surface area contributed by atoms with E-state index in [-0.39, 0.29) is 12.2 Å². The van der Waals surface area contributed by atoms with Crippen molar-refractivity contribution in [2.75, 3.05) is 6.61 Å². The molecular weight excluding hydrogens is 388 g/mol. The summed E-state index contributed by atoms with van der Waals surface area (Å²) in [5.41, 5.74) is 3.86. The zero-order valence-electron chi connectivity index (χ0n) is 16.8. The standard InChI is InChI=1S/C23H28O7/c1-12-2-5-14(23-22(28)21(27)20(26)19(11-24)30-23)9-15(12)8-13-3-6-16(7-4-13)29-18-10-17(18)25/h2-7,9,17-28H,8,10-11H2,1H3/t17?,18?,19-,20-,21+,22-,23+/m1/s1. The van der Waals surface area contributed by atoms with E-state index in [1.54, 1.807) is 0 Å². The molecule has 7 nitrogen and oxygen atoms in total. The first-order chi connectivity index (χ1) is 14.4. The van der Waals surface area contributed by atoms with Gasteiger partial charge in [0.25, 0.3) is 0 Å². The Morgan fingerprint density at radius 2 is 1.67 bits per heavy atom. The van der Waals surface area contributed by atoms with Crippen LogP contribution in [0.25, 0.3) is 0 Å². The van der Waals surface area contributed by atoms with Gasteiger partial charge in [-0.15, -0.1) is 0 Å². The number of aliphatic hydroxyl groups excluding tert-OH is 5. The van der Waals surface area contributed by atoms with Crippen molar-refractivity contribution in [2.45, 2.75) is 62.5 Å². The van der Waals surface area contributed by atoms with Crippen molar-refractivity contribution in [3.05, 3.63) is 64.7 Å². The van der Waals surface area contributed by atoms with Gasteiger partial charge in [-0.3, -0.25) is 0 Å². The summed E-state index contributed by atoms with van der Waals surface area (Å²) < 4.78 is 11.3. The quantitative estimate of drug-likeness (QED) is 0.468. The Balaban J connectivity index is 1.50. The highest BCUT2D eigenvalue weighted by Crippen LogP contribution is 2.34. The van der Waals surface area contributed by atoms with Gasteiger partial charge in [0.05, 0.1) is 12.7 Å². The minimum Gasteiger partial charge on any atom is -0.488 e. The second-order valence-electron chi connectivity index (χ2n) is 8.22. The van der Waals surface area contributed by atoms with E-state index in [1.807, 2.05) is 49.4 Å². The first kappa shape index (κ1) is 21.2. The smallest absolute Gasteiger partial charge is 0.127 e. The molecule has 1 saturated carbocycles. The van der Waals surface area contributed by atoms with Crippen LogP contribution in [0.4, 0.5) is 0 Å². The summed E-state index contributed by atoms with van der Waals surface area (Å²) in [6.07, 6.45) is -4.99. The molecule has 162 valence electrons. The fraction of sp³-hybridized carbons (Fsp3) is 0.478. The molecule has 7 heteroatoms. The van der Waals surface area contributed by atoms with Gasteiger partial charge in [0.1, 0.15) is 42.4 Å². The third-order valence-electron chi connectivity index (χ3n) is 5.90. The molecule has 1 saturated heterocycles. The third-order valence-corrected chi connectivity index (χ3v) is 5.90. The largest absolute Gasteiger partial charge is 0.488 e. The molecule has 5 N–H and O–H groups in total. The lowest BCUT2D eigenvalue weighted by molar-refractivity contribution is -0.231. The van der Waals surface area contributed by atoms with Gasteiger partial charge in [-0.1, -0.05) is 30.3 Å². The maximum Gasteiger partial charge on any atom is 0.127 e. The van der Waals surface area contributed by atoms with Gasteiger partial charge in [0.15, 0.2) is 0 Å². The first-order valence-corrected chi connectivity index (χ1v) is 10.2. The Kier molecular flexibility index (Phi) is 6.11. The van der Waals surface area contributed by atoms with E-state index < -0.39 is 37.1 Å². The van der Waals surface area contributed by atoms with Gasteiger partial charge >= 0.3 is 0 Å². The summed E-state index contributed by atoms with van der Waals surface area (Å²) in [5.74, 6) is 0.729. The maximum atomic E-state index is 10.4. The highest BCUT2D eigenvalue weighted by molar-refractivity contribution is 5.38. The van der Waals surface area contributed by atoms with Gasteiger partial charge in [-0.2, -0.15) is 0 Å². The molecule has 4 rings (SSSR count). The number of aryl methyl sites for hydroxylation is 1. The Bertz CT molecular complexity index is 866. The molecule has 2 aliphatic rings. The Morgan fingerprint density at radius 3 is 2.30 bits per heavy atom. The van der Waals surface area contributed by atoms with E-state index in [4.69, 9.17) is 9.47 Å². The van der Waals surface area contributed by atoms with Gasteiger partial charge in [0.2, 0.25) is 0 Å². The predicted octanol–water partition coefficient (Wildman–Crippen LogP) is 0.613. The summed E-state index contributed by atoms with van der Waals surface area (Å²) in [5, 5.41) is 49.3. The number of hydrogen-bond acceptors (Lipinski definition) is 7. The Labute approximate surface area is 175 Å². The minimum absolute atomic E-state index is 0.103. The van der Waals surface area contributed by atoms with Crippen LogP contribution in [0.1, 0.15) is 34.8 Å². The van der Waals surface area contributed by atoms with Crippen molar-refractivity contribution in [1.82, 2.24) is 0 Å². The second kappa shape index (κ2) is 8.63. The molecule has 30 heavy (non-hydrogen) atoms. The van der Waals surface area contributed by atoms with Crippen LogP contribution in [-0.4, -0.2) is 68.8 Å². The van der Waals surface area contributed by atoms with Gasteiger partial charge in [0, 0.05) is 6.42 Å². The molecular formula is C23H28O7. The maximum absolute atomic E-state index is 10.4. The normalized spacial score (nSPS) is 33.3. The van der Waals surface area contributed by atoms with E-state index in [0.29, 0.717) is 18.4 Å². The van der Waals surface area contributed by atoms with Crippen LogP contribution in [0.2, 0.25) is 0 Å². The van der Waals surface area contributed by atoms with E-state index in [2.05, 4.69) is 0 Å². The van der Waals surface area contributed by atoms with Gasteiger partial charge in [-0.05, 0) is 47.7 Å². The summed E-state index contributed by atoms with van der Waals surface area (Å²) in [7, 11) is 0. The average Bonchev–Trinajstić information content (AvgIpc) is 3.44. The average molecular weight is 416 g/mol. The summed E-state index contributed by atoms with van der Waals surface area (Å²) in [6, 6.07) is 13.4. The van der Waals surface area contributed by atoms with Crippen LogP contribution >= 0.6 is 0 Å². The van der Waals surface area contributed by atoms with E-state index >= 15 is 0 Å².